The molecule has 3 aliphatic rings. The van der Waals surface area contributed by atoms with Gasteiger partial charge in [0.15, 0.2) is 33.2 Å². The average molecular weight is 977 g/mol. The molecule has 0 aromatic rings. The molecule has 28 nitrogen and oxygen atoms in total. The zero-order chi connectivity index (χ0) is 39.7. The number of hydrogen-bond donors (Lipinski definition) is 7. The summed E-state index contributed by atoms with van der Waals surface area (Å²) in [5.74, 6) is -2.29. The van der Waals surface area contributed by atoms with Crippen LogP contribution in [0.15, 0.2) is 0 Å². The van der Waals surface area contributed by atoms with Crippen molar-refractivity contribution in [3.05, 3.63) is 0 Å². The maximum absolute atomic E-state index is 12.2. The number of aliphatic hydroxyl groups excluding tert-OH is 5. The van der Waals surface area contributed by atoms with E-state index < -0.39 is 151 Å². The SMILES string of the molecule is CO[C@H]1O[C@H](COS(=O)(=O)[O-])[C@@H](S[C@@H]2O[C@H](C(=O)[O-])[C@@H](O[C@H]3O[C@H](COS(=O)(=O)[O-])[C@@H](O)[C@H](O)[C@H]3NS(=O)(=O)[O-])[C@H](O)[C@H]2O)[C@H](O)[C@H]1NS(=O)(=O)[O-].[Na+].[Na+].[Na+].[Na+].[Na+]. The van der Waals surface area contributed by atoms with Gasteiger partial charge in [-0.2, -0.15) is 0 Å². The summed E-state index contributed by atoms with van der Waals surface area (Å²) in [5.41, 5.74) is -2.12. The molecule has 0 aromatic carbocycles. The number of carbonyl (C=O) groups is 1. The van der Waals surface area contributed by atoms with Gasteiger partial charge < -0.3 is 77.3 Å². The van der Waals surface area contributed by atoms with E-state index >= 15 is 0 Å². The fourth-order valence-electron chi connectivity index (χ4n) is 5.09. The second-order valence-electron chi connectivity index (χ2n) is 10.8. The first kappa shape index (κ1) is 65.2. The molecule has 0 aromatic heterocycles. The number of nitrogens with one attached hydrogen (secondary N) is 2. The maximum atomic E-state index is 12.2. The standard InChI is InChI=1S/C19H34N2O26S5.5Na/c1-41-17-7(21-50(32,33)34)10(24)15(5(45-17)3-43-52(38,39)40)48-19-12(26)11(25)13(14(47-19)16(27)28)46-18-6(20-49(29,30)31)9(23)8(22)4(44-18)2-42-51(35,36)37;;;;;/h4-15,17-26H,2-3H2,1H3,(H,27,28)(H,29,30,31)(H,32,33,34)(H,35,36,37)(H,38,39,40);;;;;/q;5*+1/p-5/t4-,5-,6-,7-,8-,9-,10-,11-,12-,13+,14+,15-,17+,18-,19+;;;;;/m1...../s1. The first-order chi connectivity index (χ1) is 23.6. The van der Waals surface area contributed by atoms with Crippen LogP contribution in [0.3, 0.4) is 0 Å². The molecule has 0 radical (unpaired) electrons. The average Bonchev–Trinajstić information content (AvgIpc) is 2.98. The number of rotatable bonds is 16. The quantitative estimate of drug-likeness (QED) is 0.0429. The first-order valence-electron chi connectivity index (χ1n) is 13.7. The summed E-state index contributed by atoms with van der Waals surface area (Å²) in [4.78, 5) is 12.2. The van der Waals surface area contributed by atoms with E-state index in [1.54, 1.807) is 0 Å². The molecule has 3 rings (SSSR count). The molecule has 0 saturated carbocycles. The van der Waals surface area contributed by atoms with Gasteiger partial charge in [-0.3, -0.25) is 8.37 Å². The van der Waals surface area contributed by atoms with Crippen LogP contribution < -0.4 is 162 Å². The molecule has 0 unspecified atom stereocenters. The van der Waals surface area contributed by atoms with E-state index in [9.17, 15) is 87.3 Å². The summed E-state index contributed by atoms with van der Waals surface area (Å²) in [6, 6.07) is -4.40. The van der Waals surface area contributed by atoms with Crippen LogP contribution in [0.5, 0.6) is 0 Å². The second-order valence-corrected chi connectivity index (χ2v) is 16.5. The Morgan fingerprint density at radius 3 is 1.51 bits per heavy atom. The number of methoxy groups -OCH3 is 1. The van der Waals surface area contributed by atoms with Gasteiger partial charge in [-0.15, -0.1) is 11.8 Å². The van der Waals surface area contributed by atoms with Gasteiger partial charge in [0, 0.05) is 7.11 Å². The number of aliphatic carboxylic acids is 1. The minimum absolute atomic E-state index is 0. The van der Waals surface area contributed by atoms with Gasteiger partial charge in [-0.05, 0) is 0 Å². The van der Waals surface area contributed by atoms with Gasteiger partial charge in [0.05, 0.1) is 42.7 Å². The molecule has 3 saturated heterocycles. The fraction of sp³-hybridized carbons (Fsp3) is 0.947. The van der Waals surface area contributed by atoms with Crippen molar-refractivity contribution < 1.29 is 267 Å². The van der Waals surface area contributed by atoms with Gasteiger partial charge >= 0.3 is 148 Å². The van der Waals surface area contributed by atoms with Crippen LogP contribution in [-0.4, -0.2) is 194 Å². The first-order valence-corrected chi connectivity index (χ1v) is 20.1. The van der Waals surface area contributed by atoms with Crippen molar-refractivity contribution in [2.45, 2.75) is 90.3 Å². The Labute approximate surface area is 440 Å². The van der Waals surface area contributed by atoms with E-state index in [1.165, 1.54) is 9.44 Å². The molecule has 0 spiro atoms. The predicted molar refractivity (Wildman–Crippen MR) is 149 cm³/mol. The van der Waals surface area contributed by atoms with Gasteiger partial charge in [-0.1, -0.05) is 0 Å². The number of aliphatic hydroxyl groups is 5. The Morgan fingerprint density at radius 2 is 1.09 bits per heavy atom. The molecular weight excluding hydrogens is 947 g/mol. The summed E-state index contributed by atoms with van der Waals surface area (Å²) in [6.45, 7) is -2.63. The van der Waals surface area contributed by atoms with Crippen molar-refractivity contribution in [2.24, 2.45) is 0 Å². The summed E-state index contributed by atoms with van der Waals surface area (Å²) in [7, 11) is -21.1. The summed E-state index contributed by atoms with van der Waals surface area (Å²) in [6.07, 6.45) is -25.3. The number of thioether (sulfide) groups is 1. The Kier molecular flexibility index (Phi) is 30.8. The van der Waals surface area contributed by atoms with Crippen molar-refractivity contribution in [1.82, 2.24) is 9.44 Å². The Balaban J connectivity index is -0.00000583. The minimum atomic E-state index is -5.59. The molecule has 3 fully saturated rings. The van der Waals surface area contributed by atoms with Crippen LogP contribution in [0.4, 0.5) is 0 Å². The monoisotopic (exact) mass is 976 g/mol. The zero-order valence-corrected chi connectivity index (χ0v) is 44.5. The summed E-state index contributed by atoms with van der Waals surface area (Å²) in [5, 5.41) is 64.0. The van der Waals surface area contributed by atoms with Crippen molar-refractivity contribution in [3.8, 4) is 0 Å². The van der Waals surface area contributed by atoms with E-state index in [4.69, 9.17) is 23.7 Å². The van der Waals surface area contributed by atoms with Crippen LogP contribution in [0.1, 0.15) is 0 Å². The Morgan fingerprint density at radius 1 is 0.649 bits per heavy atom. The molecular formula is C19H29N2Na5O26S5. The Hall–Kier alpha value is 3.90. The van der Waals surface area contributed by atoms with E-state index in [0.29, 0.717) is 0 Å². The van der Waals surface area contributed by atoms with Gasteiger partial charge in [-0.25, -0.2) is 43.1 Å². The van der Waals surface area contributed by atoms with E-state index in [-0.39, 0.29) is 160 Å². The van der Waals surface area contributed by atoms with Crippen LogP contribution in [0, 0.1) is 0 Å². The maximum Gasteiger partial charge on any atom is 1.00 e. The molecule has 0 amide bonds. The second kappa shape index (κ2) is 26.9. The van der Waals surface area contributed by atoms with Crippen LogP contribution in [0.25, 0.3) is 0 Å². The third kappa shape index (κ3) is 20.1. The molecule has 3 heterocycles. The number of ether oxygens (including phenoxy) is 5. The van der Waals surface area contributed by atoms with Crippen LogP contribution >= 0.6 is 11.8 Å². The van der Waals surface area contributed by atoms with Crippen molar-refractivity contribution in [2.75, 3.05) is 20.3 Å². The van der Waals surface area contributed by atoms with E-state index in [0.717, 1.165) is 7.11 Å². The van der Waals surface area contributed by atoms with Gasteiger partial charge in [0.1, 0.15) is 54.2 Å². The molecule has 0 bridgehead atoms. The molecule has 3 aliphatic heterocycles. The molecule has 306 valence electrons. The third-order valence-electron chi connectivity index (χ3n) is 7.28. The van der Waals surface area contributed by atoms with Crippen LogP contribution in [-0.2, 0) is 78.3 Å². The zero-order valence-electron chi connectivity index (χ0n) is 30.4. The van der Waals surface area contributed by atoms with Crippen LogP contribution in [0.2, 0.25) is 0 Å². The topological polar surface area (TPSA) is 459 Å². The normalized spacial score (nSPS) is 36.1. The number of carboxylic acids is 1. The smallest absolute Gasteiger partial charge is 0.735 e. The number of hydrogen-bond acceptors (Lipinski definition) is 27. The Bertz CT molecular complexity index is 1700. The van der Waals surface area contributed by atoms with Crippen molar-refractivity contribution >= 4 is 59.1 Å². The van der Waals surface area contributed by atoms with E-state index in [1.807, 2.05) is 0 Å². The summed E-state index contributed by atoms with van der Waals surface area (Å²) < 4.78 is 171. The molecule has 15 atom stereocenters. The number of carboxylic acid groups (broad SMARTS) is 1. The fourth-order valence-corrected chi connectivity index (χ4v) is 8.33. The van der Waals surface area contributed by atoms with Gasteiger partial charge in [0.25, 0.3) is 0 Å². The molecule has 57 heavy (non-hydrogen) atoms. The van der Waals surface area contributed by atoms with E-state index in [2.05, 4.69) is 8.37 Å². The summed E-state index contributed by atoms with van der Waals surface area (Å²) >= 11 is 0.0866. The van der Waals surface area contributed by atoms with Crippen molar-refractivity contribution in [1.29, 1.82) is 0 Å². The number of carbonyl (C=O) groups excluding carboxylic acids is 1. The van der Waals surface area contributed by atoms with Crippen molar-refractivity contribution in [3.63, 3.8) is 0 Å². The molecule has 0 aliphatic carbocycles. The molecule has 38 heteroatoms. The minimum Gasteiger partial charge on any atom is -0.735 e. The van der Waals surface area contributed by atoms with Gasteiger partial charge in [0.2, 0.25) is 20.8 Å². The largest absolute Gasteiger partial charge is 1.00 e. The third-order valence-corrected chi connectivity index (χ3v) is 10.8. The molecule has 7 N–H and O–H groups in total. The predicted octanol–water partition coefficient (Wildman–Crippen LogP) is -25.3.